The molecule has 0 bridgehead atoms. The van der Waals surface area contributed by atoms with Crippen LogP contribution in [0.25, 0.3) is 0 Å². The average molecular weight is 184 g/mol. The van der Waals surface area contributed by atoms with Crippen LogP contribution in [0.15, 0.2) is 11.6 Å². The first-order valence-electron chi connectivity index (χ1n) is 4.16. The lowest BCUT2D eigenvalue weighted by atomic mass is 10.1. The Kier molecular flexibility index (Phi) is 2.85. The summed E-state index contributed by atoms with van der Waals surface area (Å²) in [6.45, 7) is 8.63. The van der Waals surface area contributed by atoms with Gasteiger partial charge in [0, 0.05) is 17.1 Å². The van der Waals surface area contributed by atoms with Gasteiger partial charge in [0.05, 0.1) is 6.04 Å². The van der Waals surface area contributed by atoms with Gasteiger partial charge in [0.1, 0.15) is 5.01 Å². The van der Waals surface area contributed by atoms with Gasteiger partial charge in [0.25, 0.3) is 0 Å². The Bertz CT molecular complexity index is 223. The average Bonchev–Trinajstić information content (AvgIpc) is 2.32. The van der Waals surface area contributed by atoms with Crippen molar-refractivity contribution in [2.24, 2.45) is 0 Å². The minimum absolute atomic E-state index is 0.158. The molecule has 0 radical (unpaired) electrons. The fourth-order valence-corrected chi connectivity index (χ4v) is 1.81. The molecular formula is C9H16N2S. The molecule has 0 aliphatic rings. The molecule has 12 heavy (non-hydrogen) atoms. The van der Waals surface area contributed by atoms with E-state index in [1.165, 1.54) is 0 Å². The summed E-state index contributed by atoms with van der Waals surface area (Å²) in [4.78, 5) is 4.26. The minimum Gasteiger partial charge on any atom is -0.303 e. The quantitative estimate of drug-likeness (QED) is 0.764. The van der Waals surface area contributed by atoms with Crippen LogP contribution in [0, 0.1) is 0 Å². The highest BCUT2D eigenvalue weighted by Gasteiger charge is 2.15. The van der Waals surface area contributed by atoms with Crippen LogP contribution >= 0.6 is 11.3 Å². The summed E-state index contributed by atoms with van der Waals surface area (Å²) >= 11 is 1.70. The second kappa shape index (κ2) is 3.54. The smallest absolute Gasteiger partial charge is 0.109 e. The fraction of sp³-hybridized carbons (Fsp3) is 0.667. The molecule has 1 aromatic heterocycles. The number of thiazole rings is 1. The van der Waals surface area contributed by atoms with Crippen molar-refractivity contribution < 1.29 is 0 Å². The summed E-state index contributed by atoms with van der Waals surface area (Å²) in [6, 6.07) is 0.352. The zero-order valence-electron chi connectivity index (χ0n) is 8.09. The first-order chi connectivity index (χ1) is 5.49. The van der Waals surface area contributed by atoms with Crippen LogP contribution in [0.5, 0.6) is 0 Å². The number of nitrogens with zero attached hydrogens (tertiary/aromatic N) is 1. The highest BCUT2D eigenvalue weighted by atomic mass is 32.1. The molecule has 0 aromatic carbocycles. The normalized spacial score (nSPS) is 14.7. The monoisotopic (exact) mass is 184 g/mol. The molecule has 0 saturated heterocycles. The number of nitrogens with one attached hydrogen (secondary N) is 1. The third-order valence-corrected chi connectivity index (χ3v) is 2.43. The predicted octanol–water partition coefficient (Wildman–Crippen LogP) is 2.59. The molecule has 1 rings (SSSR count). The van der Waals surface area contributed by atoms with Crippen molar-refractivity contribution in [3.63, 3.8) is 0 Å². The van der Waals surface area contributed by atoms with Crippen molar-refractivity contribution in [3.05, 3.63) is 16.6 Å². The van der Waals surface area contributed by atoms with Crippen molar-refractivity contribution in [1.82, 2.24) is 10.3 Å². The van der Waals surface area contributed by atoms with Gasteiger partial charge in [0.15, 0.2) is 0 Å². The molecule has 2 nitrogen and oxygen atoms in total. The predicted molar refractivity (Wildman–Crippen MR) is 53.4 cm³/mol. The number of aromatic nitrogens is 1. The van der Waals surface area contributed by atoms with Gasteiger partial charge < -0.3 is 5.32 Å². The summed E-state index contributed by atoms with van der Waals surface area (Å²) in [7, 11) is 0. The highest BCUT2D eigenvalue weighted by molar-refractivity contribution is 7.09. The Balaban J connectivity index is 2.56. The highest BCUT2D eigenvalue weighted by Crippen LogP contribution is 2.17. The summed E-state index contributed by atoms with van der Waals surface area (Å²) < 4.78 is 0. The summed E-state index contributed by atoms with van der Waals surface area (Å²) in [5.41, 5.74) is 0.158. The molecule has 68 valence electrons. The third kappa shape index (κ3) is 2.91. The zero-order valence-corrected chi connectivity index (χ0v) is 8.90. The maximum Gasteiger partial charge on any atom is 0.109 e. The second-order valence-corrected chi connectivity index (χ2v) is 4.91. The largest absolute Gasteiger partial charge is 0.303 e. The molecule has 0 aliphatic carbocycles. The number of rotatable bonds is 2. The van der Waals surface area contributed by atoms with Crippen molar-refractivity contribution in [3.8, 4) is 0 Å². The van der Waals surface area contributed by atoms with E-state index < -0.39 is 0 Å². The first-order valence-corrected chi connectivity index (χ1v) is 5.04. The van der Waals surface area contributed by atoms with Gasteiger partial charge in [0.2, 0.25) is 0 Å². The maximum absolute atomic E-state index is 4.26. The van der Waals surface area contributed by atoms with Crippen molar-refractivity contribution in [2.75, 3.05) is 0 Å². The zero-order chi connectivity index (χ0) is 9.19. The van der Waals surface area contributed by atoms with E-state index in [4.69, 9.17) is 0 Å². The Morgan fingerprint density at radius 2 is 2.17 bits per heavy atom. The molecule has 3 heteroatoms. The van der Waals surface area contributed by atoms with E-state index in [-0.39, 0.29) is 5.54 Å². The molecule has 1 heterocycles. The number of hydrogen-bond acceptors (Lipinski definition) is 3. The number of hydrogen-bond donors (Lipinski definition) is 1. The van der Waals surface area contributed by atoms with Crippen LogP contribution in [0.1, 0.15) is 38.7 Å². The third-order valence-electron chi connectivity index (χ3n) is 1.47. The topological polar surface area (TPSA) is 24.9 Å². The van der Waals surface area contributed by atoms with Gasteiger partial charge in [-0.05, 0) is 27.7 Å². The lowest BCUT2D eigenvalue weighted by Crippen LogP contribution is -2.37. The molecule has 0 saturated carbocycles. The molecular weight excluding hydrogens is 168 g/mol. The van der Waals surface area contributed by atoms with E-state index in [1.807, 2.05) is 11.6 Å². The lowest BCUT2D eigenvalue weighted by molar-refractivity contribution is 0.377. The van der Waals surface area contributed by atoms with Crippen LogP contribution < -0.4 is 5.32 Å². The Hall–Kier alpha value is -0.410. The van der Waals surface area contributed by atoms with E-state index in [2.05, 4.69) is 38.0 Å². The van der Waals surface area contributed by atoms with Crippen molar-refractivity contribution >= 4 is 11.3 Å². The van der Waals surface area contributed by atoms with Crippen LogP contribution in [-0.2, 0) is 0 Å². The van der Waals surface area contributed by atoms with Crippen molar-refractivity contribution in [2.45, 2.75) is 39.3 Å². The summed E-state index contributed by atoms with van der Waals surface area (Å²) in [5, 5.41) is 6.64. The first kappa shape index (κ1) is 9.68. The molecule has 0 aliphatic heterocycles. The Morgan fingerprint density at radius 3 is 2.58 bits per heavy atom. The van der Waals surface area contributed by atoms with Gasteiger partial charge in [-0.25, -0.2) is 4.98 Å². The Labute approximate surface area is 78.0 Å². The van der Waals surface area contributed by atoms with Gasteiger partial charge in [-0.3, -0.25) is 0 Å². The summed E-state index contributed by atoms with van der Waals surface area (Å²) in [5.74, 6) is 0. The molecule has 0 spiro atoms. The van der Waals surface area contributed by atoms with Crippen LogP contribution in [0.3, 0.4) is 0 Å². The van der Waals surface area contributed by atoms with Gasteiger partial charge >= 0.3 is 0 Å². The van der Waals surface area contributed by atoms with E-state index in [9.17, 15) is 0 Å². The Morgan fingerprint density at radius 1 is 1.50 bits per heavy atom. The second-order valence-electron chi connectivity index (χ2n) is 3.99. The van der Waals surface area contributed by atoms with Crippen LogP contribution in [0.4, 0.5) is 0 Å². The lowest BCUT2D eigenvalue weighted by Gasteiger charge is -2.24. The van der Waals surface area contributed by atoms with Crippen molar-refractivity contribution in [1.29, 1.82) is 0 Å². The van der Waals surface area contributed by atoms with E-state index in [0.29, 0.717) is 6.04 Å². The summed E-state index contributed by atoms with van der Waals surface area (Å²) in [6.07, 6.45) is 1.85. The molecule has 1 unspecified atom stereocenters. The van der Waals surface area contributed by atoms with Crippen LogP contribution in [0.2, 0.25) is 0 Å². The maximum atomic E-state index is 4.26. The van der Waals surface area contributed by atoms with Gasteiger partial charge in [-0.1, -0.05) is 0 Å². The van der Waals surface area contributed by atoms with Gasteiger partial charge in [-0.2, -0.15) is 0 Å². The van der Waals surface area contributed by atoms with E-state index in [1.54, 1.807) is 11.3 Å². The molecule has 1 N–H and O–H groups in total. The molecule has 0 fully saturated rings. The van der Waals surface area contributed by atoms with Gasteiger partial charge in [-0.15, -0.1) is 11.3 Å². The van der Waals surface area contributed by atoms with Crippen LogP contribution in [-0.4, -0.2) is 10.5 Å². The van der Waals surface area contributed by atoms with E-state index in [0.717, 1.165) is 5.01 Å². The minimum atomic E-state index is 0.158. The SMILES string of the molecule is CC(NC(C)(C)C)c1nccs1. The standard InChI is InChI=1S/C9H16N2S/c1-7(11-9(2,3)4)8-10-5-6-12-8/h5-7,11H,1-4H3. The molecule has 0 amide bonds. The molecule has 1 atom stereocenters. The molecule has 1 aromatic rings. The fourth-order valence-electron chi connectivity index (χ4n) is 1.16. The van der Waals surface area contributed by atoms with E-state index >= 15 is 0 Å².